The maximum atomic E-state index is 12.6. The number of carbonyl (C=O) groups excluding carboxylic acids is 2. The van der Waals surface area contributed by atoms with Gasteiger partial charge in [0.05, 0.1) is 18.8 Å². The second kappa shape index (κ2) is 6.15. The number of hydrogen-bond acceptors (Lipinski definition) is 4. The smallest absolute Gasteiger partial charge is 0.330 e. The van der Waals surface area contributed by atoms with Crippen molar-refractivity contribution in [2.75, 3.05) is 44.8 Å². The summed E-state index contributed by atoms with van der Waals surface area (Å²) in [6, 6.07) is 7.33. The molecule has 2 aliphatic heterocycles. The normalized spacial score (nSPS) is 16.2. The van der Waals surface area contributed by atoms with E-state index in [4.69, 9.17) is 4.74 Å². The van der Waals surface area contributed by atoms with Gasteiger partial charge in [0.1, 0.15) is 12.4 Å². The second-order valence-electron chi connectivity index (χ2n) is 5.09. The number of amides is 3. The fourth-order valence-electron chi connectivity index (χ4n) is 2.66. The molecule has 116 valence electrons. The molecule has 3 amide bonds. The van der Waals surface area contributed by atoms with Gasteiger partial charge >= 0.3 is 6.03 Å². The first-order valence-electron chi connectivity index (χ1n) is 7.21. The number of ether oxygens (including phenoxy) is 1. The molecule has 0 atom stereocenters. The maximum absolute atomic E-state index is 12.6. The lowest BCUT2D eigenvalue weighted by Crippen LogP contribution is -2.52. The minimum atomic E-state index is -0.209. The van der Waals surface area contributed by atoms with Crippen LogP contribution in [0.15, 0.2) is 29.3 Å². The molecule has 22 heavy (non-hydrogen) atoms. The molecule has 7 heteroatoms. The van der Waals surface area contributed by atoms with Crippen LogP contribution >= 0.6 is 0 Å². The molecular formula is C15H18N4O3. The number of nitrogens with zero attached hydrogens (tertiary/aromatic N) is 3. The van der Waals surface area contributed by atoms with Crippen LogP contribution in [0, 0.1) is 0 Å². The van der Waals surface area contributed by atoms with Crippen molar-refractivity contribution in [3.63, 3.8) is 0 Å². The zero-order valence-electron chi connectivity index (χ0n) is 12.4. The highest BCUT2D eigenvalue weighted by atomic mass is 16.5. The van der Waals surface area contributed by atoms with Crippen molar-refractivity contribution in [2.24, 2.45) is 4.99 Å². The molecule has 0 spiro atoms. The Morgan fingerprint density at radius 3 is 3.05 bits per heavy atom. The average molecular weight is 302 g/mol. The van der Waals surface area contributed by atoms with Crippen LogP contribution in [0.3, 0.4) is 0 Å². The number of anilines is 1. The number of carbonyl (C=O) groups is 2. The molecule has 0 saturated heterocycles. The predicted molar refractivity (Wildman–Crippen MR) is 82.2 cm³/mol. The molecule has 0 unspecified atom stereocenters. The van der Waals surface area contributed by atoms with E-state index in [0.717, 1.165) is 11.3 Å². The Hall–Kier alpha value is -2.41. The van der Waals surface area contributed by atoms with Crippen LogP contribution in [-0.2, 0) is 9.53 Å². The third-order valence-corrected chi connectivity index (χ3v) is 3.67. The fourth-order valence-corrected chi connectivity index (χ4v) is 2.66. The van der Waals surface area contributed by atoms with Crippen molar-refractivity contribution in [3.8, 4) is 0 Å². The third-order valence-electron chi connectivity index (χ3n) is 3.67. The third kappa shape index (κ3) is 2.55. The van der Waals surface area contributed by atoms with Crippen LogP contribution in [-0.4, -0.2) is 62.6 Å². The zero-order chi connectivity index (χ0) is 15.5. The second-order valence-corrected chi connectivity index (χ2v) is 5.09. The van der Waals surface area contributed by atoms with Gasteiger partial charge in [0.25, 0.3) is 0 Å². The molecule has 0 radical (unpaired) electrons. The van der Waals surface area contributed by atoms with Gasteiger partial charge in [0, 0.05) is 25.8 Å². The highest BCUT2D eigenvalue weighted by Gasteiger charge is 2.37. The first-order valence-corrected chi connectivity index (χ1v) is 7.21. The van der Waals surface area contributed by atoms with E-state index in [1.54, 1.807) is 12.0 Å². The Morgan fingerprint density at radius 2 is 2.23 bits per heavy atom. The molecule has 0 fully saturated rings. The minimum Gasteiger partial charge on any atom is -0.383 e. The van der Waals surface area contributed by atoms with E-state index in [1.807, 2.05) is 24.3 Å². The minimum absolute atomic E-state index is 0.0106. The predicted octanol–water partition coefficient (Wildman–Crippen LogP) is 0.451. The van der Waals surface area contributed by atoms with E-state index in [1.165, 1.54) is 4.90 Å². The van der Waals surface area contributed by atoms with Crippen molar-refractivity contribution in [3.05, 3.63) is 29.8 Å². The lowest BCUT2D eigenvalue weighted by atomic mass is 10.1. The number of nitrogens with one attached hydrogen (secondary N) is 1. The number of amidine groups is 1. The standard InChI is InChI=1S/C15H18N4O3/c1-22-9-7-16-13(20)10-19-12-5-3-2-4-11(12)14-17-6-8-18(14)15(19)21/h2-5H,6-10H2,1H3,(H,16,20). The van der Waals surface area contributed by atoms with Crippen molar-refractivity contribution < 1.29 is 14.3 Å². The van der Waals surface area contributed by atoms with Crippen molar-refractivity contribution in [1.82, 2.24) is 10.2 Å². The lowest BCUT2D eigenvalue weighted by molar-refractivity contribution is -0.119. The SMILES string of the molecule is COCCNC(=O)CN1C(=O)N2CCN=C2c2ccccc21. The molecule has 2 heterocycles. The van der Waals surface area contributed by atoms with Crippen LogP contribution in [0.2, 0.25) is 0 Å². The number of hydrogen-bond donors (Lipinski definition) is 1. The number of methoxy groups -OCH3 is 1. The largest absolute Gasteiger partial charge is 0.383 e. The molecule has 1 aromatic carbocycles. The van der Waals surface area contributed by atoms with Gasteiger partial charge in [-0.15, -0.1) is 0 Å². The molecule has 0 bridgehead atoms. The van der Waals surface area contributed by atoms with Gasteiger partial charge in [-0.3, -0.25) is 19.6 Å². The van der Waals surface area contributed by atoms with Gasteiger partial charge in [0.15, 0.2) is 0 Å². The summed E-state index contributed by atoms with van der Waals surface area (Å²) in [5, 5.41) is 2.74. The molecule has 7 nitrogen and oxygen atoms in total. The molecule has 3 rings (SSSR count). The number of para-hydroxylation sites is 1. The Morgan fingerprint density at radius 1 is 1.41 bits per heavy atom. The molecule has 0 aromatic heterocycles. The van der Waals surface area contributed by atoms with Gasteiger partial charge in [-0.1, -0.05) is 12.1 Å². The topological polar surface area (TPSA) is 74.2 Å². The van der Waals surface area contributed by atoms with Crippen molar-refractivity contribution in [1.29, 1.82) is 0 Å². The van der Waals surface area contributed by atoms with Crippen LogP contribution in [0.5, 0.6) is 0 Å². The van der Waals surface area contributed by atoms with E-state index >= 15 is 0 Å². The summed E-state index contributed by atoms with van der Waals surface area (Å²) in [6.45, 7) is 2.02. The van der Waals surface area contributed by atoms with Gasteiger partial charge < -0.3 is 10.1 Å². The van der Waals surface area contributed by atoms with E-state index in [-0.39, 0.29) is 18.5 Å². The van der Waals surface area contributed by atoms with E-state index in [0.29, 0.717) is 32.1 Å². The Kier molecular flexibility index (Phi) is 4.06. The average Bonchev–Trinajstić information content (AvgIpc) is 3.02. The molecular weight excluding hydrogens is 284 g/mol. The van der Waals surface area contributed by atoms with E-state index < -0.39 is 0 Å². The fraction of sp³-hybridized carbons (Fsp3) is 0.400. The van der Waals surface area contributed by atoms with Crippen LogP contribution in [0.1, 0.15) is 5.56 Å². The maximum Gasteiger partial charge on any atom is 0.330 e. The van der Waals surface area contributed by atoms with E-state index in [9.17, 15) is 9.59 Å². The Balaban J connectivity index is 1.82. The molecule has 2 aliphatic rings. The van der Waals surface area contributed by atoms with Gasteiger partial charge in [-0.25, -0.2) is 4.79 Å². The van der Waals surface area contributed by atoms with Gasteiger partial charge in [0.2, 0.25) is 5.91 Å². The first-order chi connectivity index (χ1) is 10.7. The summed E-state index contributed by atoms with van der Waals surface area (Å²) in [7, 11) is 1.57. The molecule has 0 aliphatic carbocycles. The number of benzene rings is 1. The summed E-state index contributed by atoms with van der Waals surface area (Å²) < 4.78 is 4.90. The molecule has 1 N–H and O–H groups in total. The van der Waals surface area contributed by atoms with Crippen molar-refractivity contribution >= 4 is 23.5 Å². The van der Waals surface area contributed by atoms with Crippen LogP contribution < -0.4 is 10.2 Å². The van der Waals surface area contributed by atoms with Crippen LogP contribution in [0.4, 0.5) is 10.5 Å². The summed E-state index contributed by atoms with van der Waals surface area (Å²) in [6.07, 6.45) is 0. The first kappa shape index (κ1) is 14.5. The summed E-state index contributed by atoms with van der Waals surface area (Å²) in [5.74, 6) is 0.497. The highest BCUT2D eigenvalue weighted by molar-refractivity contribution is 6.20. The highest BCUT2D eigenvalue weighted by Crippen LogP contribution is 2.30. The summed E-state index contributed by atoms with van der Waals surface area (Å²) in [5.41, 5.74) is 1.62. The Bertz CT molecular complexity index is 629. The zero-order valence-corrected chi connectivity index (χ0v) is 12.4. The number of urea groups is 1. The number of rotatable bonds is 5. The number of fused-ring (bicyclic) bond motifs is 3. The summed E-state index contributed by atoms with van der Waals surface area (Å²) >= 11 is 0. The van der Waals surface area contributed by atoms with E-state index in [2.05, 4.69) is 10.3 Å². The monoisotopic (exact) mass is 302 g/mol. The quantitative estimate of drug-likeness (QED) is 0.803. The molecule has 0 saturated carbocycles. The van der Waals surface area contributed by atoms with Crippen LogP contribution in [0.25, 0.3) is 0 Å². The Labute approximate surface area is 128 Å². The summed E-state index contributed by atoms with van der Waals surface area (Å²) in [4.78, 5) is 32.2. The molecule has 1 aromatic rings. The van der Waals surface area contributed by atoms with Crippen molar-refractivity contribution in [2.45, 2.75) is 0 Å². The van der Waals surface area contributed by atoms with Gasteiger partial charge in [-0.2, -0.15) is 0 Å². The number of aliphatic imine (C=N–C) groups is 1. The lowest BCUT2D eigenvalue weighted by Gasteiger charge is -2.34. The van der Waals surface area contributed by atoms with Gasteiger partial charge in [-0.05, 0) is 12.1 Å².